The number of hydrogen-bond acceptors (Lipinski definition) is 5. The smallest absolute Gasteiger partial charge is 0.351 e. The van der Waals surface area contributed by atoms with Gasteiger partial charge in [-0.3, -0.25) is 9.78 Å². The van der Waals surface area contributed by atoms with E-state index >= 15 is 0 Å². The number of benzene rings is 1. The molecule has 0 spiro atoms. The number of hydrogen-bond donors (Lipinski definition) is 0. The molecule has 8 nitrogen and oxygen atoms in total. The normalized spacial score (nSPS) is 11.0. The lowest BCUT2D eigenvalue weighted by molar-refractivity contribution is -0.131. The van der Waals surface area contributed by atoms with Gasteiger partial charge in [0.25, 0.3) is 0 Å². The molecule has 0 radical (unpaired) electrons. The molecule has 0 aliphatic rings. The molecule has 0 atom stereocenters. The van der Waals surface area contributed by atoms with Gasteiger partial charge in [0.2, 0.25) is 5.91 Å². The van der Waals surface area contributed by atoms with Crippen LogP contribution in [0.15, 0.2) is 47.5 Å². The lowest BCUT2D eigenvalue weighted by Crippen LogP contribution is -2.36. The highest BCUT2D eigenvalue weighted by molar-refractivity contribution is 6.33. The van der Waals surface area contributed by atoms with Gasteiger partial charge in [-0.25, -0.2) is 14.0 Å². The van der Waals surface area contributed by atoms with Gasteiger partial charge >= 0.3 is 5.69 Å². The molecule has 1 aromatic carbocycles. The van der Waals surface area contributed by atoms with Crippen molar-refractivity contribution in [1.29, 1.82) is 0 Å². The SMILES string of the molecule is CCN(CC)C(=O)Cn1nc(-c2ccncc2Cl)n(-c2ccc(OC(C)C)cc2)c1=O. The van der Waals surface area contributed by atoms with Crippen molar-refractivity contribution in [3.05, 3.63) is 58.2 Å². The predicted octanol–water partition coefficient (Wildman–Crippen LogP) is 3.41. The van der Waals surface area contributed by atoms with E-state index in [1.165, 1.54) is 15.4 Å². The van der Waals surface area contributed by atoms with Crippen molar-refractivity contribution in [1.82, 2.24) is 24.2 Å². The topological polar surface area (TPSA) is 82.2 Å². The zero-order valence-electron chi connectivity index (χ0n) is 18.1. The molecular weight excluding hydrogens is 418 g/mol. The van der Waals surface area contributed by atoms with E-state index in [-0.39, 0.29) is 18.6 Å². The highest BCUT2D eigenvalue weighted by Crippen LogP contribution is 2.27. The molecule has 1 amide bonds. The second kappa shape index (κ2) is 9.78. The van der Waals surface area contributed by atoms with Crippen molar-refractivity contribution in [2.45, 2.75) is 40.3 Å². The van der Waals surface area contributed by atoms with Gasteiger partial charge in [0.1, 0.15) is 12.3 Å². The van der Waals surface area contributed by atoms with Crippen molar-refractivity contribution in [3.8, 4) is 22.8 Å². The Morgan fingerprint density at radius 2 is 1.84 bits per heavy atom. The summed E-state index contributed by atoms with van der Waals surface area (Å²) in [5.41, 5.74) is 0.705. The Balaban J connectivity index is 2.10. The minimum Gasteiger partial charge on any atom is -0.491 e. The van der Waals surface area contributed by atoms with Crippen LogP contribution in [0.25, 0.3) is 17.1 Å². The summed E-state index contributed by atoms with van der Waals surface area (Å²) in [6.45, 7) is 8.64. The summed E-state index contributed by atoms with van der Waals surface area (Å²) < 4.78 is 8.30. The van der Waals surface area contributed by atoms with Gasteiger partial charge in [0, 0.05) is 31.0 Å². The maximum Gasteiger partial charge on any atom is 0.351 e. The molecule has 0 unspecified atom stereocenters. The summed E-state index contributed by atoms with van der Waals surface area (Å²) in [6.07, 6.45) is 3.11. The molecule has 2 heterocycles. The molecule has 0 fully saturated rings. The monoisotopic (exact) mass is 443 g/mol. The van der Waals surface area contributed by atoms with Gasteiger partial charge in [-0.15, -0.1) is 5.10 Å². The Labute approximate surface area is 186 Å². The first kappa shape index (κ1) is 22.6. The number of likely N-dealkylation sites (N-methyl/N-ethyl adjacent to an activating group) is 1. The highest BCUT2D eigenvalue weighted by Gasteiger charge is 2.21. The average molecular weight is 444 g/mol. The summed E-state index contributed by atoms with van der Waals surface area (Å²) in [5.74, 6) is 0.853. The van der Waals surface area contributed by atoms with Gasteiger partial charge in [-0.05, 0) is 58.0 Å². The minimum absolute atomic E-state index is 0.0357. The first-order valence-corrected chi connectivity index (χ1v) is 10.6. The van der Waals surface area contributed by atoms with Crippen LogP contribution >= 0.6 is 11.6 Å². The number of carbonyl (C=O) groups is 1. The van der Waals surface area contributed by atoms with E-state index < -0.39 is 5.69 Å². The lowest BCUT2D eigenvalue weighted by Gasteiger charge is -2.17. The molecule has 2 aromatic heterocycles. The van der Waals surface area contributed by atoms with Crippen LogP contribution in [0.3, 0.4) is 0 Å². The third-order valence-corrected chi connectivity index (χ3v) is 5.02. The van der Waals surface area contributed by atoms with E-state index in [9.17, 15) is 9.59 Å². The molecular formula is C22H26ClN5O3. The molecule has 0 aliphatic carbocycles. The lowest BCUT2D eigenvalue weighted by atomic mass is 10.2. The number of pyridine rings is 1. The summed E-state index contributed by atoms with van der Waals surface area (Å²) in [7, 11) is 0. The van der Waals surface area contributed by atoms with Gasteiger partial charge in [0.15, 0.2) is 5.82 Å². The molecule has 3 aromatic rings. The van der Waals surface area contributed by atoms with Crippen molar-refractivity contribution in [2.75, 3.05) is 13.1 Å². The molecule has 0 aliphatic heterocycles. The van der Waals surface area contributed by atoms with Crippen molar-refractivity contribution >= 4 is 17.5 Å². The van der Waals surface area contributed by atoms with Crippen LogP contribution in [-0.2, 0) is 11.3 Å². The Morgan fingerprint density at radius 1 is 1.16 bits per heavy atom. The van der Waals surface area contributed by atoms with Gasteiger partial charge in [-0.2, -0.15) is 0 Å². The zero-order valence-corrected chi connectivity index (χ0v) is 18.8. The number of aromatic nitrogens is 4. The van der Waals surface area contributed by atoms with Crippen LogP contribution in [0.1, 0.15) is 27.7 Å². The van der Waals surface area contributed by atoms with Gasteiger partial charge in [0.05, 0.1) is 16.8 Å². The van der Waals surface area contributed by atoms with E-state index in [4.69, 9.17) is 16.3 Å². The average Bonchev–Trinajstić information content (AvgIpc) is 3.05. The third-order valence-electron chi connectivity index (χ3n) is 4.72. The number of ether oxygens (including phenoxy) is 1. The predicted molar refractivity (Wildman–Crippen MR) is 120 cm³/mol. The minimum atomic E-state index is -0.430. The Morgan fingerprint density at radius 3 is 2.42 bits per heavy atom. The number of amides is 1. The highest BCUT2D eigenvalue weighted by atomic mass is 35.5. The van der Waals surface area contributed by atoms with Crippen LogP contribution in [0, 0.1) is 0 Å². The van der Waals surface area contributed by atoms with E-state index in [1.54, 1.807) is 41.4 Å². The largest absolute Gasteiger partial charge is 0.491 e. The standard InChI is InChI=1S/C22H26ClN5O3/c1-5-26(6-2)20(29)14-27-22(30)28(16-7-9-17(10-8-16)31-15(3)4)21(25-27)18-11-12-24-13-19(18)23/h7-13,15H,5-6,14H2,1-4H3. The van der Waals surface area contributed by atoms with Crippen LogP contribution < -0.4 is 10.4 Å². The maximum absolute atomic E-state index is 13.3. The molecule has 0 saturated carbocycles. The summed E-state index contributed by atoms with van der Waals surface area (Å²) in [5, 5.41) is 4.81. The van der Waals surface area contributed by atoms with Crippen LogP contribution in [0.4, 0.5) is 0 Å². The summed E-state index contributed by atoms with van der Waals surface area (Å²) in [4.78, 5) is 31.5. The molecule has 0 N–H and O–H groups in total. The fourth-order valence-electron chi connectivity index (χ4n) is 3.22. The number of carbonyl (C=O) groups excluding carboxylic acids is 1. The van der Waals surface area contributed by atoms with Crippen molar-refractivity contribution in [2.24, 2.45) is 0 Å². The van der Waals surface area contributed by atoms with E-state index in [0.29, 0.717) is 40.9 Å². The summed E-state index contributed by atoms with van der Waals surface area (Å²) in [6, 6.07) is 8.81. The van der Waals surface area contributed by atoms with Crippen molar-refractivity contribution < 1.29 is 9.53 Å². The Hall–Kier alpha value is -3.13. The number of nitrogens with zero attached hydrogens (tertiary/aromatic N) is 5. The molecule has 9 heteroatoms. The second-order valence-electron chi connectivity index (χ2n) is 7.18. The van der Waals surface area contributed by atoms with Crippen LogP contribution in [0.2, 0.25) is 5.02 Å². The Kier molecular flexibility index (Phi) is 7.12. The second-order valence-corrected chi connectivity index (χ2v) is 7.59. The summed E-state index contributed by atoms with van der Waals surface area (Å²) >= 11 is 6.34. The van der Waals surface area contributed by atoms with Crippen molar-refractivity contribution in [3.63, 3.8) is 0 Å². The Bertz CT molecular complexity index is 1100. The van der Waals surface area contributed by atoms with Gasteiger partial charge < -0.3 is 9.64 Å². The fraction of sp³-hybridized carbons (Fsp3) is 0.364. The first-order valence-electron chi connectivity index (χ1n) is 10.2. The quantitative estimate of drug-likeness (QED) is 0.532. The third kappa shape index (κ3) is 4.96. The molecule has 3 rings (SSSR count). The molecule has 164 valence electrons. The molecule has 0 bridgehead atoms. The number of halogens is 1. The maximum atomic E-state index is 13.3. The molecule has 0 saturated heterocycles. The zero-order chi connectivity index (χ0) is 22.5. The van der Waals surface area contributed by atoms with E-state index in [0.717, 1.165) is 0 Å². The van der Waals surface area contributed by atoms with Crippen LogP contribution in [0.5, 0.6) is 5.75 Å². The van der Waals surface area contributed by atoms with Crippen LogP contribution in [-0.4, -0.2) is 49.3 Å². The van der Waals surface area contributed by atoms with E-state index in [2.05, 4.69) is 10.1 Å². The van der Waals surface area contributed by atoms with Gasteiger partial charge in [-0.1, -0.05) is 11.6 Å². The molecule has 31 heavy (non-hydrogen) atoms. The number of rotatable bonds is 8. The van der Waals surface area contributed by atoms with E-state index in [1.807, 2.05) is 27.7 Å². The fourth-order valence-corrected chi connectivity index (χ4v) is 3.43. The first-order chi connectivity index (χ1) is 14.8.